The van der Waals surface area contributed by atoms with E-state index >= 15 is 0 Å². The van der Waals surface area contributed by atoms with Gasteiger partial charge in [0.25, 0.3) is 0 Å². The van der Waals surface area contributed by atoms with Gasteiger partial charge in [-0.05, 0) is 12.3 Å². The van der Waals surface area contributed by atoms with E-state index in [2.05, 4.69) is 20.3 Å². The molecule has 0 saturated carbocycles. The number of rotatable bonds is 3. The Kier molecular flexibility index (Phi) is 3.65. The van der Waals surface area contributed by atoms with Crippen LogP contribution in [0.4, 0.5) is 17.5 Å². The van der Waals surface area contributed by atoms with Crippen molar-refractivity contribution in [3.63, 3.8) is 0 Å². The molecule has 7 heteroatoms. The maximum atomic E-state index is 5.87. The Morgan fingerprint density at radius 1 is 1.29 bits per heavy atom. The van der Waals surface area contributed by atoms with Crippen LogP contribution >= 0.6 is 23.4 Å². The van der Waals surface area contributed by atoms with Crippen LogP contribution in [0.2, 0.25) is 5.02 Å². The Hall–Kier alpha value is -1.53. The lowest BCUT2D eigenvalue weighted by atomic mass is 10.4. The minimum atomic E-state index is 0.405. The van der Waals surface area contributed by atoms with Gasteiger partial charge >= 0.3 is 0 Å². The fraction of sp³-hybridized carbons (Fsp3) is 0.100. The van der Waals surface area contributed by atoms with Gasteiger partial charge < -0.3 is 11.1 Å². The summed E-state index contributed by atoms with van der Waals surface area (Å²) in [6, 6.07) is 3.48. The summed E-state index contributed by atoms with van der Waals surface area (Å²) in [5, 5.41) is 3.67. The smallest absolute Gasteiger partial charge is 0.145 e. The topological polar surface area (TPSA) is 76.7 Å². The van der Waals surface area contributed by atoms with Crippen molar-refractivity contribution in [1.29, 1.82) is 0 Å². The highest BCUT2D eigenvalue weighted by Crippen LogP contribution is 2.27. The average Bonchev–Trinajstić information content (AvgIpc) is 2.31. The molecular weight excluding hydrogens is 258 g/mol. The molecule has 0 unspecified atom stereocenters. The molecule has 0 fully saturated rings. The van der Waals surface area contributed by atoms with Crippen molar-refractivity contribution in [3.05, 3.63) is 29.7 Å². The SMILES string of the molecule is CSc1cc(Cl)cnc1Nc1cc(N)ncn1. The van der Waals surface area contributed by atoms with Crippen LogP contribution in [0, 0.1) is 0 Å². The molecule has 2 aromatic heterocycles. The fourth-order valence-electron chi connectivity index (χ4n) is 1.23. The predicted octanol–water partition coefficient (Wildman–Crippen LogP) is 2.57. The predicted molar refractivity (Wildman–Crippen MR) is 70.8 cm³/mol. The van der Waals surface area contributed by atoms with Gasteiger partial charge in [0.2, 0.25) is 0 Å². The van der Waals surface area contributed by atoms with Gasteiger partial charge in [-0.25, -0.2) is 15.0 Å². The monoisotopic (exact) mass is 267 g/mol. The zero-order valence-electron chi connectivity index (χ0n) is 9.01. The number of nitrogen functional groups attached to an aromatic ring is 1. The first kappa shape index (κ1) is 11.9. The van der Waals surface area contributed by atoms with E-state index in [0.717, 1.165) is 4.90 Å². The third-order valence-electron chi connectivity index (χ3n) is 1.97. The Balaban J connectivity index is 2.29. The molecule has 2 rings (SSSR count). The summed E-state index contributed by atoms with van der Waals surface area (Å²) in [4.78, 5) is 13.0. The highest BCUT2D eigenvalue weighted by molar-refractivity contribution is 7.98. The van der Waals surface area contributed by atoms with Gasteiger partial charge in [-0.15, -0.1) is 11.8 Å². The van der Waals surface area contributed by atoms with Gasteiger partial charge in [-0.2, -0.15) is 0 Å². The maximum absolute atomic E-state index is 5.87. The van der Waals surface area contributed by atoms with Gasteiger partial charge in [0.15, 0.2) is 0 Å². The summed E-state index contributed by atoms with van der Waals surface area (Å²) >= 11 is 7.42. The second-order valence-corrected chi connectivity index (χ2v) is 4.44. The minimum absolute atomic E-state index is 0.405. The lowest BCUT2D eigenvalue weighted by Gasteiger charge is -2.08. The molecule has 0 amide bonds. The molecule has 5 nitrogen and oxygen atoms in total. The Bertz CT molecular complexity index is 534. The van der Waals surface area contributed by atoms with Crippen molar-refractivity contribution >= 4 is 40.8 Å². The molecule has 2 heterocycles. The van der Waals surface area contributed by atoms with Gasteiger partial charge in [-0.1, -0.05) is 11.6 Å². The third kappa shape index (κ3) is 2.98. The van der Waals surface area contributed by atoms with E-state index in [9.17, 15) is 0 Å². The van der Waals surface area contributed by atoms with Crippen LogP contribution in [0.15, 0.2) is 29.6 Å². The van der Waals surface area contributed by atoms with Gasteiger partial charge in [0, 0.05) is 12.3 Å². The number of pyridine rings is 1. The second-order valence-electron chi connectivity index (χ2n) is 3.16. The highest BCUT2D eigenvalue weighted by Gasteiger charge is 2.05. The van der Waals surface area contributed by atoms with E-state index in [0.29, 0.717) is 22.5 Å². The van der Waals surface area contributed by atoms with Gasteiger partial charge in [0.1, 0.15) is 23.8 Å². The van der Waals surface area contributed by atoms with Crippen LogP contribution in [-0.4, -0.2) is 21.2 Å². The highest BCUT2D eigenvalue weighted by atomic mass is 35.5. The number of nitrogens with zero attached hydrogens (tertiary/aromatic N) is 3. The summed E-state index contributed by atoms with van der Waals surface area (Å²) in [7, 11) is 0. The number of nitrogens with one attached hydrogen (secondary N) is 1. The molecule has 0 aliphatic heterocycles. The molecule has 0 atom stereocenters. The van der Waals surface area contributed by atoms with E-state index in [-0.39, 0.29) is 0 Å². The number of anilines is 3. The third-order valence-corrected chi connectivity index (χ3v) is 2.93. The number of halogens is 1. The first-order valence-electron chi connectivity index (χ1n) is 4.73. The normalized spacial score (nSPS) is 10.2. The average molecular weight is 268 g/mol. The second kappa shape index (κ2) is 5.20. The molecule has 17 heavy (non-hydrogen) atoms. The molecule has 0 aliphatic carbocycles. The quantitative estimate of drug-likeness (QED) is 0.833. The number of aromatic nitrogens is 3. The number of nitrogens with two attached hydrogens (primary N) is 1. The summed E-state index contributed by atoms with van der Waals surface area (Å²) in [5.41, 5.74) is 5.57. The van der Waals surface area contributed by atoms with Crippen molar-refractivity contribution in [2.45, 2.75) is 4.90 Å². The molecule has 0 bridgehead atoms. The van der Waals surface area contributed by atoms with Crippen molar-refractivity contribution < 1.29 is 0 Å². The van der Waals surface area contributed by atoms with E-state index in [4.69, 9.17) is 17.3 Å². The molecule has 88 valence electrons. The first-order valence-corrected chi connectivity index (χ1v) is 6.33. The van der Waals surface area contributed by atoms with Crippen LogP contribution in [0.3, 0.4) is 0 Å². The van der Waals surface area contributed by atoms with Crippen LogP contribution < -0.4 is 11.1 Å². The van der Waals surface area contributed by atoms with Crippen LogP contribution in [0.1, 0.15) is 0 Å². The van der Waals surface area contributed by atoms with E-state index in [1.165, 1.54) is 6.33 Å². The van der Waals surface area contributed by atoms with Gasteiger partial charge in [0.05, 0.1) is 9.92 Å². The number of thioether (sulfide) groups is 1. The van der Waals surface area contributed by atoms with E-state index < -0.39 is 0 Å². The molecule has 0 aliphatic rings. The molecule has 0 aromatic carbocycles. The van der Waals surface area contributed by atoms with Crippen molar-refractivity contribution in [2.24, 2.45) is 0 Å². The zero-order chi connectivity index (χ0) is 12.3. The molecule has 0 spiro atoms. The lowest BCUT2D eigenvalue weighted by Crippen LogP contribution is -2.00. The Morgan fingerprint density at radius 3 is 2.82 bits per heavy atom. The Labute approximate surface area is 108 Å². The van der Waals surface area contributed by atoms with Crippen molar-refractivity contribution in [2.75, 3.05) is 17.3 Å². The van der Waals surface area contributed by atoms with Crippen molar-refractivity contribution in [1.82, 2.24) is 15.0 Å². The molecule has 3 N–H and O–H groups in total. The van der Waals surface area contributed by atoms with Crippen LogP contribution in [-0.2, 0) is 0 Å². The molecule has 2 aromatic rings. The molecular formula is C10H10ClN5S. The van der Waals surface area contributed by atoms with Crippen LogP contribution in [0.5, 0.6) is 0 Å². The van der Waals surface area contributed by atoms with E-state index in [1.807, 2.05) is 12.3 Å². The van der Waals surface area contributed by atoms with Crippen molar-refractivity contribution in [3.8, 4) is 0 Å². The minimum Gasteiger partial charge on any atom is -0.384 e. The summed E-state index contributed by atoms with van der Waals surface area (Å²) < 4.78 is 0. The Morgan fingerprint density at radius 2 is 2.12 bits per heavy atom. The van der Waals surface area contributed by atoms with Gasteiger partial charge in [-0.3, -0.25) is 0 Å². The molecule has 0 radical (unpaired) electrons. The standard InChI is InChI=1S/C10H10ClN5S/c1-17-7-2-6(11)4-13-10(7)16-9-3-8(12)14-5-15-9/h2-5H,1H3,(H3,12,13,14,15,16). The van der Waals surface area contributed by atoms with E-state index in [1.54, 1.807) is 24.0 Å². The maximum Gasteiger partial charge on any atom is 0.145 e. The zero-order valence-corrected chi connectivity index (χ0v) is 10.6. The summed E-state index contributed by atoms with van der Waals surface area (Å²) in [6.45, 7) is 0. The lowest BCUT2D eigenvalue weighted by molar-refractivity contribution is 1.15. The summed E-state index contributed by atoms with van der Waals surface area (Å²) in [6.07, 6.45) is 4.92. The van der Waals surface area contributed by atoms with Crippen LogP contribution in [0.25, 0.3) is 0 Å². The molecule has 0 saturated heterocycles. The first-order chi connectivity index (χ1) is 8.19. The fourth-order valence-corrected chi connectivity index (χ4v) is 2.00. The largest absolute Gasteiger partial charge is 0.384 e. The number of hydrogen-bond donors (Lipinski definition) is 2. The number of hydrogen-bond acceptors (Lipinski definition) is 6. The summed E-state index contributed by atoms with van der Waals surface area (Å²) in [5.74, 6) is 1.70.